The fraction of sp³-hybridized carbons (Fsp3) is 0.333. The molecule has 5 rings (SSSR count). The lowest BCUT2D eigenvalue weighted by Gasteiger charge is -2.36. The van der Waals surface area contributed by atoms with Crippen molar-refractivity contribution in [1.82, 2.24) is 15.1 Å². The highest BCUT2D eigenvalue weighted by molar-refractivity contribution is 8.14. The Morgan fingerprint density at radius 2 is 1.82 bits per heavy atom. The van der Waals surface area contributed by atoms with E-state index in [1.807, 2.05) is 61.5 Å². The zero-order valence-corrected chi connectivity index (χ0v) is 23.6. The Bertz CT molecular complexity index is 1380. The summed E-state index contributed by atoms with van der Waals surface area (Å²) in [5, 5.41) is 3.54. The van der Waals surface area contributed by atoms with E-state index in [4.69, 9.17) is 14.5 Å². The number of esters is 1. The molecule has 10 heteroatoms. The summed E-state index contributed by atoms with van der Waals surface area (Å²) >= 11 is 1.36. The molecule has 2 aromatic rings. The molecule has 3 amide bonds. The molecule has 0 bridgehead atoms. The first-order valence-electron chi connectivity index (χ1n) is 13.4. The van der Waals surface area contributed by atoms with E-state index < -0.39 is 12.0 Å². The lowest BCUT2D eigenvalue weighted by molar-refractivity contribution is -0.139. The number of amides is 3. The van der Waals surface area contributed by atoms with Crippen molar-refractivity contribution >= 4 is 40.9 Å². The summed E-state index contributed by atoms with van der Waals surface area (Å²) in [5.41, 5.74) is 2.93. The van der Waals surface area contributed by atoms with E-state index in [9.17, 15) is 14.4 Å². The van der Waals surface area contributed by atoms with Crippen molar-refractivity contribution in [2.45, 2.75) is 38.8 Å². The molecule has 208 valence electrons. The van der Waals surface area contributed by atoms with Crippen LogP contribution in [0.4, 0.5) is 4.79 Å². The molecule has 0 aromatic heterocycles. The molecule has 0 unspecified atom stereocenters. The Labute approximate surface area is 237 Å². The van der Waals surface area contributed by atoms with Crippen LogP contribution in [-0.2, 0) is 14.3 Å². The van der Waals surface area contributed by atoms with Crippen molar-refractivity contribution in [2.75, 3.05) is 26.0 Å². The molecule has 1 aliphatic carbocycles. The van der Waals surface area contributed by atoms with Crippen LogP contribution in [0.1, 0.15) is 43.9 Å². The Morgan fingerprint density at radius 1 is 1.10 bits per heavy atom. The number of carbonyl (C=O) groups excluding carboxylic acids is 3. The quantitative estimate of drug-likeness (QED) is 0.352. The van der Waals surface area contributed by atoms with E-state index in [0.29, 0.717) is 28.7 Å². The molecule has 1 saturated carbocycles. The highest BCUT2D eigenvalue weighted by atomic mass is 32.2. The average molecular weight is 561 g/mol. The number of carbonyl (C=O) groups is 3. The van der Waals surface area contributed by atoms with Crippen LogP contribution in [0, 0.1) is 0 Å². The van der Waals surface area contributed by atoms with Gasteiger partial charge in [-0.1, -0.05) is 54.2 Å². The molecule has 1 atom stereocenters. The first-order valence-corrected chi connectivity index (χ1v) is 14.4. The number of thioether (sulfide) groups is 1. The minimum Gasteiger partial charge on any atom is -0.497 e. The van der Waals surface area contributed by atoms with Crippen LogP contribution in [-0.4, -0.2) is 64.9 Å². The largest absolute Gasteiger partial charge is 0.497 e. The zero-order valence-electron chi connectivity index (χ0n) is 22.8. The van der Waals surface area contributed by atoms with Crippen LogP contribution in [0.5, 0.6) is 5.75 Å². The van der Waals surface area contributed by atoms with Gasteiger partial charge in [-0.25, -0.2) is 14.6 Å². The molecular weight excluding hydrogens is 528 g/mol. The van der Waals surface area contributed by atoms with Gasteiger partial charge in [-0.15, -0.1) is 0 Å². The van der Waals surface area contributed by atoms with Gasteiger partial charge in [0, 0.05) is 24.0 Å². The SMILES string of the molecule is CCOC(=O)C1=C(CSC2=N/C(=C/c3ccc(OC)cc3)C(=O)N2C2CC2)N(CC)C(=O)N[C@H]1c1ccccc1. The minimum atomic E-state index is -0.650. The van der Waals surface area contributed by atoms with Crippen molar-refractivity contribution < 1.29 is 23.9 Å². The number of aliphatic imine (C=N–C) groups is 1. The number of benzene rings is 2. The molecule has 2 heterocycles. The maximum absolute atomic E-state index is 13.4. The van der Waals surface area contributed by atoms with Crippen LogP contribution < -0.4 is 10.1 Å². The summed E-state index contributed by atoms with van der Waals surface area (Å²) in [4.78, 5) is 47.9. The maximum atomic E-state index is 13.4. The Kier molecular flexibility index (Phi) is 8.25. The van der Waals surface area contributed by atoms with Crippen LogP contribution in [0.25, 0.3) is 6.08 Å². The van der Waals surface area contributed by atoms with Gasteiger partial charge in [-0.05, 0) is 56.0 Å². The normalized spacial score (nSPS) is 20.1. The number of nitrogens with zero attached hydrogens (tertiary/aromatic N) is 3. The fourth-order valence-electron chi connectivity index (χ4n) is 4.79. The second kappa shape index (κ2) is 12.0. The van der Waals surface area contributed by atoms with Crippen LogP contribution in [0.2, 0.25) is 0 Å². The third-order valence-corrected chi connectivity index (χ3v) is 7.88. The monoisotopic (exact) mass is 560 g/mol. The van der Waals surface area contributed by atoms with Crippen molar-refractivity contribution in [3.63, 3.8) is 0 Å². The molecule has 0 radical (unpaired) electrons. The van der Waals surface area contributed by atoms with Crippen molar-refractivity contribution in [1.29, 1.82) is 0 Å². The van der Waals surface area contributed by atoms with Crippen LogP contribution >= 0.6 is 11.8 Å². The third kappa shape index (κ3) is 5.62. The van der Waals surface area contributed by atoms with Gasteiger partial charge in [-0.2, -0.15) is 0 Å². The molecule has 1 fully saturated rings. The third-order valence-electron chi connectivity index (χ3n) is 6.91. The molecule has 0 spiro atoms. The highest BCUT2D eigenvalue weighted by Crippen LogP contribution is 2.38. The van der Waals surface area contributed by atoms with Crippen LogP contribution in [0.3, 0.4) is 0 Å². The van der Waals surface area contributed by atoms with Gasteiger partial charge in [0.1, 0.15) is 11.4 Å². The standard InChI is InChI=1S/C30H32N4O5S/c1-4-33-24(25(28(36)39-5-2)26(32-29(33)37)20-9-7-6-8-10-20)18-40-30-31-23(27(35)34(30)21-13-14-21)17-19-11-15-22(38-3)16-12-19/h6-12,15-17,21,26H,4-5,13-14,18H2,1-3H3,(H,32,37)/b23-17+/t26-/m0/s1. The molecule has 1 N–H and O–H groups in total. The second-order valence-corrected chi connectivity index (χ2v) is 10.5. The number of hydrogen-bond donors (Lipinski definition) is 1. The molecule has 2 aliphatic heterocycles. The number of amidine groups is 1. The first kappa shape index (κ1) is 27.5. The minimum absolute atomic E-state index is 0.105. The van der Waals surface area contributed by atoms with Gasteiger partial charge in [-0.3, -0.25) is 14.6 Å². The molecule has 3 aliphatic rings. The summed E-state index contributed by atoms with van der Waals surface area (Å²) in [6.07, 6.45) is 3.60. The lowest BCUT2D eigenvalue weighted by atomic mass is 9.95. The molecular formula is C30H32N4O5S. The predicted molar refractivity (Wildman–Crippen MR) is 154 cm³/mol. The van der Waals surface area contributed by atoms with Gasteiger partial charge < -0.3 is 14.8 Å². The molecule has 2 aromatic carbocycles. The van der Waals surface area contributed by atoms with E-state index in [-0.39, 0.29) is 30.3 Å². The maximum Gasteiger partial charge on any atom is 0.338 e. The fourth-order valence-corrected chi connectivity index (χ4v) is 5.91. The Morgan fingerprint density at radius 3 is 2.45 bits per heavy atom. The summed E-state index contributed by atoms with van der Waals surface area (Å²) in [7, 11) is 1.61. The van der Waals surface area contributed by atoms with Crippen molar-refractivity contribution in [3.05, 3.63) is 82.7 Å². The lowest BCUT2D eigenvalue weighted by Crippen LogP contribution is -2.49. The number of nitrogens with one attached hydrogen (secondary N) is 1. The van der Waals surface area contributed by atoms with Gasteiger partial charge in [0.15, 0.2) is 5.17 Å². The number of ether oxygens (including phenoxy) is 2. The number of rotatable bonds is 9. The predicted octanol–water partition coefficient (Wildman–Crippen LogP) is 4.73. The van der Waals surface area contributed by atoms with Gasteiger partial charge in [0.25, 0.3) is 5.91 Å². The van der Waals surface area contributed by atoms with Gasteiger partial charge in [0.05, 0.1) is 25.3 Å². The Balaban J connectivity index is 1.49. The molecule has 9 nitrogen and oxygen atoms in total. The number of hydrogen-bond acceptors (Lipinski definition) is 7. The van der Waals surface area contributed by atoms with E-state index in [1.165, 1.54) is 11.8 Å². The summed E-state index contributed by atoms with van der Waals surface area (Å²) < 4.78 is 10.7. The van der Waals surface area contributed by atoms with Gasteiger partial charge >= 0.3 is 12.0 Å². The summed E-state index contributed by atoms with van der Waals surface area (Å²) in [6, 6.07) is 16.0. The van der Waals surface area contributed by atoms with E-state index in [1.54, 1.807) is 29.9 Å². The smallest absolute Gasteiger partial charge is 0.338 e. The van der Waals surface area contributed by atoms with Crippen LogP contribution in [0.15, 0.2) is 76.6 Å². The second-order valence-electron chi connectivity index (χ2n) is 9.51. The topological polar surface area (TPSA) is 101 Å². The highest BCUT2D eigenvalue weighted by Gasteiger charge is 2.43. The van der Waals surface area contributed by atoms with Crippen molar-refractivity contribution in [2.24, 2.45) is 4.99 Å². The van der Waals surface area contributed by atoms with E-state index >= 15 is 0 Å². The number of urea groups is 1. The van der Waals surface area contributed by atoms with Crippen molar-refractivity contribution in [3.8, 4) is 5.75 Å². The number of methoxy groups -OCH3 is 1. The van der Waals surface area contributed by atoms with E-state index in [2.05, 4.69) is 5.32 Å². The first-order chi connectivity index (χ1) is 19.4. The van der Waals surface area contributed by atoms with E-state index in [0.717, 1.165) is 29.7 Å². The Hall–Kier alpha value is -4.05. The zero-order chi connectivity index (χ0) is 28.2. The summed E-state index contributed by atoms with van der Waals surface area (Å²) in [5.74, 6) is 0.380. The molecule has 0 saturated heterocycles. The average Bonchev–Trinajstić information content (AvgIpc) is 3.76. The molecule has 40 heavy (non-hydrogen) atoms. The summed E-state index contributed by atoms with van der Waals surface area (Å²) in [6.45, 7) is 4.19. The van der Waals surface area contributed by atoms with Gasteiger partial charge in [0.2, 0.25) is 0 Å².